The Morgan fingerprint density at radius 2 is 1.76 bits per heavy atom. The largest absolute Gasteiger partial charge is 0.381 e. The molecule has 0 aromatic heterocycles. The highest BCUT2D eigenvalue weighted by Gasteiger charge is 2.06. The zero-order chi connectivity index (χ0) is 11.8. The van der Waals surface area contributed by atoms with E-state index in [2.05, 4.69) is 40.8 Å². The lowest BCUT2D eigenvalue weighted by molar-refractivity contribution is 0.0700. The van der Waals surface area contributed by atoms with E-state index in [0.717, 1.165) is 52.1 Å². The fourth-order valence-electron chi connectivity index (χ4n) is 2.09. The predicted octanol–water partition coefficient (Wildman–Crippen LogP) is 1.85. The van der Waals surface area contributed by atoms with Crippen LogP contribution in [0.15, 0.2) is 30.3 Å². The molecule has 0 bridgehead atoms. The molecule has 17 heavy (non-hydrogen) atoms. The number of hydrazine groups is 1. The van der Waals surface area contributed by atoms with Crippen molar-refractivity contribution in [1.82, 2.24) is 10.4 Å². The number of benzene rings is 1. The molecule has 0 saturated carbocycles. The van der Waals surface area contributed by atoms with Crippen LogP contribution in [0, 0.1) is 0 Å². The lowest BCUT2D eigenvalue weighted by Gasteiger charge is -2.25. The molecule has 1 aliphatic heterocycles. The Balaban J connectivity index is 1.66. The van der Waals surface area contributed by atoms with E-state index < -0.39 is 0 Å². The van der Waals surface area contributed by atoms with Crippen LogP contribution in [0.2, 0.25) is 0 Å². The summed E-state index contributed by atoms with van der Waals surface area (Å²) in [5.74, 6) is 0. The van der Waals surface area contributed by atoms with Crippen molar-refractivity contribution in [1.29, 1.82) is 0 Å². The number of nitrogens with zero attached hydrogens (tertiary/aromatic N) is 1. The summed E-state index contributed by atoms with van der Waals surface area (Å²) in [6.45, 7) is 5.00. The maximum absolute atomic E-state index is 5.44. The number of ether oxygens (including phenoxy) is 1. The molecule has 1 saturated heterocycles. The Hall–Kier alpha value is -0.900. The topological polar surface area (TPSA) is 24.5 Å². The van der Waals surface area contributed by atoms with Crippen LogP contribution in [0.25, 0.3) is 0 Å². The Kier molecular flexibility index (Phi) is 5.49. The van der Waals surface area contributed by atoms with Crippen LogP contribution in [0.4, 0.5) is 0 Å². The van der Waals surface area contributed by atoms with Gasteiger partial charge in [0.1, 0.15) is 0 Å². The number of hydrogen-bond acceptors (Lipinski definition) is 3. The second kappa shape index (κ2) is 7.43. The fourth-order valence-corrected chi connectivity index (χ4v) is 2.09. The third kappa shape index (κ3) is 4.86. The summed E-state index contributed by atoms with van der Waals surface area (Å²) in [5.41, 5.74) is 4.91. The van der Waals surface area contributed by atoms with Crippen LogP contribution >= 0.6 is 0 Å². The average Bonchev–Trinajstić information content (AvgIpc) is 2.33. The molecule has 1 N–H and O–H groups in total. The zero-order valence-electron chi connectivity index (χ0n) is 10.4. The number of rotatable bonds is 4. The Morgan fingerprint density at radius 3 is 2.47 bits per heavy atom. The summed E-state index contributed by atoms with van der Waals surface area (Å²) in [6.07, 6.45) is 3.34. The van der Waals surface area contributed by atoms with Gasteiger partial charge >= 0.3 is 0 Å². The summed E-state index contributed by atoms with van der Waals surface area (Å²) >= 11 is 0. The van der Waals surface area contributed by atoms with Gasteiger partial charge in [0, 0.05) is 32.8 Å². The van der Waals surface area contributed by atoms with Gasteiger partial charge in [-0.2, -0.15) is 0 Å². The van der Waals surface area contributed by atoms with E-state index in [0.29, 0.717) is 0 Å². The van der Waals surface area contributed by atoms with E-state index in [1.165, 1.54) is 5.56 Å². The van der Waals surface area contributed by atoms with Gasteiger partial charge < -0.3 is 4.74 Å². The quantitative estimate of drug-likeness (QED) is 0.860. The van der Waals surface area contributed by atoms with Gasteiger partial charge in [-0.05, 0) is 24.8 Å². The minimum Gasteiger partial charge on any atom is -0.381 e. The van der Waals surface area contributed by atoms with Crippen LogP contribution in [-0.2, 0) is 11.2 Å². The van der Waals surface area contributed by atoms with Gasteiger partial charge in [0.25, 0.3) is 0 Å². The smallest absolute Gasteiger partial charge is 0.0478 e. The first-order valence-electron chi connectivity index (χ1n) is 6.55. The SMILES string of the molecule is c1ccc(CCNN2CCCOCCC2)cc1. The summed E-state index contributed by atoms with van der Waals surface area (Å²) in [6, 6.07) is 10.6. The lowest BCUT2D eigenvalue weighted by atomic mass is 10.2. The van der Waals surface area contributed by atoms with Crippen LogP contribution in [0.1, 0.15) is 18.4 Å². The molecule has 0 unspecified atom stereocenters. The normalized spacial score (nSPS) is 18.6. The van der Waals surface area contributed by atoms with Crippen molar-refractivity contribution in [3.8, 4) is 0 Å². The highest BCUT2D eigenvalue weighted by atomic mass is 16.5. The standard InChI is InChI=1S/C14H22N2O/c1-2-6-14(7-3-1)8-9-15-16-10-4-12-17-13-5-11-16/h1-3,6-7,15H,4-5,8-13H2. The van der Waals surface area contributed by atoms with E-state index in [4.69, 9.17) is 4.74 Å². The first kappa shape index (κ1) is 12.6. The molecule has 0 aliphatic carbocycles. The Labute approximate surface area is 104 Å². The maximum atomic E-state index is 5.44. The monoisotopic (exact) mass is 234 g/mol. The van der Waals surface area contributed by atoms with E-state index in [1.807, 2.05) is 0 Å². The zero-order valence-corrected chi connectivity index (χ0v) is 10.4. The Morgan fingerprint density at radius 1 is 1.06 bits per heavy atom. The van der Waals surface area contributed by atoms with Crippen LogP contribution in [0.5, 0.6) is 0 Å². The van der Waals surface area contributed by atoms with E-state index in [1.54, 1.807) is 0 Å². The van der Waals surface area contributed by atoms with Crippen molar-refractivity contribution >= 4 is 0 Å². The first-order chi connectivity index (χ1) is 8.45. The molecular formula is C14H22N2O. The molecule has 2 rings (SSSR count). The van der Waals surface area contributed by atoms with Crippen molar-refractivity contribution in [2.24, 2.45) is 0 Å². The molecular weight excluding hydrogens is 212 g/mol. The number of nitrogens with one attached hydrogen (secondary N) is 1. The van der Waals surface area contributed by atoms with E-state index in [9.17, 15) is 0 Å². The second-order valence-electron chi connectivity index (χ2n) is 4.45. The van der Waals surface area contributed by atoms with Crippen LogP contribution < -0.4 is 5.43 Å². The van der Waals surface area contributed by atoms with Crippen LogP contribution in [0.3, 0.4) is 0 Å². The van der Waals surface area contributed by atoms with Gasteiger partial charge in [0.2, 0.25) is 0 Å². The molecule has 1 fully saturated rings. The molecule has 94 valence electrons. The van der Waals surface area contributed by atoms with Crippen molar-refractivity contribution in [2.45, 2.75) is 19.3 Å². The van der Waals surface area contributed by atoms with Gasteiger partial charge in [-0.3, -0.25) is 5.43 Å². The Bertz CT molecular complexity index is 294. The molecule has 0 spiro atoms. The average molecular weight is 234 g/mol. The highest BCUT2D eigenvalue weighted by Crippen LogP contribution is 2.00. The predicted molar refractivity (Wildman–Crippen MR) is 69.8 cm³/mol. The molecule has 3 heteroatoms. The van der Waals surface area contributed by atoms with E-state index >= 15 is 0 Å². The summed E-state index contributed by atoms with van der Waals surface area (Å²) in [5, 5.41) is 2.34. The molecule has 0 radical (unpaired) electrons. The third-order valence-corrected chi connectivity index (χ3v) is 3.03. The van der Waals surface area contributed by atoms with Gasteiger partial charge in [-0.1, -0.05) is 30.3 Å². The van der Waals surface area contributed by atoms with Gasteiger partial charge in [0.15, 0.2) is 0 Å². The lowest BCUT2D eigenvalue weighted by Crippen LogP contribution is -2.42. The van der Waals surface area contributed by atoms with Crippen LogP contribution in [-0.4, -0.2) is 37.9 Å². The molecule has 1 heterocycles. The molecule has 0 atom stereocenters. The van der Waals surface area contributed by atoms with E-state index in [-0.39, 0.29) is 0 Å². The third-order valence-electron chi connectivity index (χ3n) is 3.03. The minimum atomic E-state index is 0.900. The number of hydrogen-bond donors (Lipinski definition) is 1. The highest BCUT2D eigenvalue weighted by molar-refractivity contribution is 5.14. The first-order valence-corrected chi connectivity index (χ1v) is 6.55. The summed E-state index contributed by atoms with van der Waals surface area (Å²) in [7, 11) is 0. The molecule has 1 aromatic rings. The molecule has 3 nitrogen and oxygen atoms in total. The summed E-state index contributed by atoms with van der Waals surface area (Å²) in [4.78, 5) is 0. The van der Waals surface area contributed by atoms with Gasteiger partial charge in [-0.15, -0.1) is 0 Å². The second-order valence-corrected chi connectivity index (χ2v) is 4.45. The molecule has 1 aromatic carbocycles. The van der Waals surface area contributed by atoms with Crippen molar-refractivity contribution in [3.05, 3.63) is 35.9 Å². The van der Waals surface area contributed by atoms with Crippen molar-refractivity contribution in [2.75, 3.05) is 32.8 Å². The van der Waals surface area contributed by atoms with Crippen molar-refractivity contribution < 1.29 is 4.74 Å². The van der Waals surface area contributed by atoms with Gasteiger partial charge in [0.05, 0.1) is 0 Å². The molecule has 0 amide bonds. The fraction of sp³-hybridized carbons (Fsp3) is 0.571. The minimum absolute atomic E-state index is 0.900. The van der Waals surface area contributed by atoms with Gasteiger partial charge in [-0.25, -0.2) is 5.01 Å². The maximum Gasteiger partial charge on any atom is 0.0478 e. The summed E-state index contributed by atoms with van der Waals surface area (Å²) < 4.78 is 5.44. The van der Waals surface area contributed by atoms with Crippen molar-refractivity contribution in [3.63, 3.8) is 0 Å². The molecule has 1 aliphatic rings.